The van der Waals surface area contributed by atoms with Gasteiger partial charge in [-0.05, 0) is 12.8 Å². The molecule has 0 spiro atoms. The minimum atomic E-state index is -0.0306. The normalized spacial score (nSPS) is 10.9. The number of hydrogen-bond donors (Lipinski definition) is 1. The quantitative estimate of drug-likeness (QED) is 0.674. The van der Waals surface area contributed by atoms with Gasteiger partial charge in [0, 0.05) is 20.1 Å². The van der Waals surface area contributed by atoms with Gasteiger partial charge in [0.05, 0.1) is 24.3 Å². The predicted octanol–water partition coefficient (Wildman–Crippen LogP) is 2.43. The minimum absolute atomic E-state index is 0.0306. The van der Waals surface area contributed by atoms with Crippen LogP contribution in [-0.2, 0) is 18.4 Å². The fourth-order valence-electron chi connectivity index (χ4n) is 1.98. The van der Waals surface area contributed by atoms with Crippen LogP contribution in [0.25, 0.3) is 0 Å². The van der Waals surface area contributed by atoms with Crippen LogP contribution in [0.3, 0.4) is 0 Å². The fraction of sp³-hybridized carbons (Fsp3) is 0.733. The Morgan fingerprint density at radius 2 is 1.95 bits per heavy atom. The second kappa shape index (κ2) is 9.84. The molecular weight excluding hydrogens is 286 g/mol. The maximum Gasteiger partial charge on any atom is 0.233 e. The van der Waals surface area contributed by atoms with Gasteiger partial charge in [0.15, 0.2) is 5.16 Å². The number of thioether (sulfide) groups is 1. The summed E-state index contributed by atoms with van der Waals surface area (Å²) in [5.41, 5.74) is 0.763. The smallest absolute Gasteiger partial charge is 0.233 e. The molecule has 120 valence electrons. The van der Waals surface area contributed by atoms with E-state index >= 15 is 0 Å². The highest BCUT2D eigenvalue weighted by atomic mass is 32.2. The van der Waals surface area contributed by atoms with Crippen molar-refractivity contribution in [2.24, 2.45) is 7.05 Å². The van der Waals surface area contributed by atoms with E-state index in [9.17, 15) is 4.79 Å². The maximum absolute atomic E-state index is 12.3. The number of hydrogen-bond acceptors (Lipinski definition) is 4. The molecule has 0 aliphatic rings. The molecule has 1 aromatic rings. The summed E-state index contributed by atoms with van der Waals surface area (Å²) in [6.07, 6.45) is 5.96. The van der Waals surface area contributed by atoms with Gasteiger partial charge in [-0.25, -0.2) is 4.98 Å². The Labute approximate surface area is 131 Å². The van der Waals surface area contributed by atoms with Crippen molar-refractivity contribution in [2.75, 3.05) is 18.8 Å². The van der Waals surface area contributed by atoms with E-state index in [-0.39, 0.29) is 12.5 Å². The molecule has 0 fully saturated rings. The Morgan fingerprint density at radius 3 is 2.43 bits per heavy atom. The van der Waals surface area contributed by atoms with E-state index in [0.717, 1.165) is 49.6 Å². The molecular formula is C15H27N3O2S. The summed E-state index contributed by atoms with van der Waals surface area (Å²) in [6.45, 7) is 5.94. The van der Waals surface area contributed by atoms with Crippen molar-refractivity contribution in [2.45, 2.75) is 51.3 Å². The molecule has 1 N–H and O–H groups in total. The lowest BCUT2D eigenvalue weighted by atomic mass is 10.2. The van der Waals surface area contributed by atoms with E-state index in [1.807, 2.05) is 16.5 Å². The van der Waals surface area contributed by atoms with Crippen molar-refractivity contribution < 1.29 is 9.90 Å². The molecule has 0 bridgehead atoms. The average molecular weight is 313 g/mol. The first-order valence-corrected chi connectivity index (χ1v) is 8.64. The summed E-state index contributed by atoms with van der Waals surface area (Å²) in [5.74, 6) is 0.582. The predicted molar refractivity (Wildman–Crippen MR) is 86.3 cm³/mol. The molecule has 0 saturated carbocycles. The highest BCUT2D eigenvalue weighted by Gasteiger charge is 2.15. The molecule has 0 saturated heterocycles. The number of imidazole rings is 1. The van der Waals surface area contributed by atoms with Crippen LogP contribution >= 0.6 is 11.8 Å². The highest BCUT2D eigenvalue weighted by Crippen LogP contribution is 2.18. The van der Waals surface area contributed by atoms with Gasteiger partial charge in [0.2, 0.25) is 5.91 Å². The Hall–Kier alpha value is -1.01. The molecule has 1 aromatic heterocycles. The van der Waals surface area contributed by atoms with Crippen LogP contribution in [0.1, 0.15) is 45.2 Å². The molecule has 1 heterocycles. The van der Waals surface area contributed by atoms with Gasteiger partial charge < -0.3 is 14.6 Å². The Bertz CT molecular complexity index is 427. The lowest BCUT2D eigenvalue weighted by molar-refractivity contribution is -0.128. The second-order valence-electron chi connectivity index (χ2n) is 5.13. The zero-order valence-corrected chi connectivity index (χ0v) is 14.2. The van der Waals surface area contributed by atoms with Crippen LogP contribution in [0.4, 0.5) is 0 Å². The molecule has 1 amide bonds. The fourth-order valence-corrected chi connectivity index (χ4v) is 2.86. The first kappa shape index (κ1) is 18.0. The molecule has 0 atom stereocenters. The largest absolute Gasteiger partial charge is 0.390 e. The van der Waals surface area contributed by atoms with Crippen molar-refractivity contribution in [3.05, 3.63) is 11.9 Å². The van der Waals surface area contributed by atoms with Gasteiger partial charge in [-0.2, -0.15) is 0 Å². The Morgan fingerprint density at radius 1 is 1.33 bits per heavy atom. The zero-order chi connectivity index (χ0) is 15.7. The molecule has 0 radical (unpaired) electrons. The van der Waals surface area contributed by atoms with Crippen molar-refractivity contribution in [1.82, 2.24) is 14.5 Å². The second-order valence-corrected chi connectivity index (χ2v) is 6.07. The minimum Gasteiger partial charge on any atom is -0.390 e. The van der Waals surface area contributed by atoms with E-state index in [1.165, 1.54) is 11.8 Å². The summed E-state index contributed by atoms with van der Waals surface area (Å²) in [7, 11) is 1.86. The first-order chi connectivity index (χ1) is 10.1. The molecule has 1 rings (SSSR count). The van der Waals surface area contributed by atoms with Gasteiger partial charge in [0.25, 0.3) is 0 Å². The summed E-state index contributed by atoms with van der Waals surface area (Å²) in [4.78, 5) is 18.5. The summed E-state index contributed by atoms with van der Waals surface area (Å²) in [5, 5.41) is 9.92. The van der Waals surface area contributed by atoms with Gasteiger partial charge in [0.1, 0.15) is 0 Å². The van der Waals surface area contributed by atoms with Crippen LogP contribution in [0, 0.1) is 0 Å². The number of nitrogens with zero attached hydrogens (tertiary/aromatic N) is 3. The van der Waals surface area contributed by atoms with Gasteiger partial charge in [-0.1, -0.05) is 38.5 Å². The van der Waals surface area contributed by atoms with Crippen LogP contribution < -0.4 is 0 Å². The Kier molecular flexibility index (Phi) is 8.45. The number of aliphatic hydroxyl groups excluding tert-OH is 1. The summed E-state index contributed by atoms with van der Waals surface area (Å²) in [6, 6.07) is 0. The van der Waals surface area contributed by atoms with Crippen LogP contribution in [0.2, 0.25) is 0 Å². The van der Waals surface area contributed by atoms with Crippen molar-refractivity contribution in [3.63, 3.8) is 0 Å². The summed E-state index contributed by atoms with van der Waals surface area (Å²) >= 11 is 1.44. The van der Waals surface area contributed by atoms with E-state index in [4.69, 9.17) is 5.11 Å². The molecule has 5 nitrogen and oxygen atoms in total. The van der Waals surface area contributed by atoms with E-state index < -0.39 is 0 Å². The van der Waals surface area contributed by atoms with E-state index in [2.05, 4.69) is 18.8 Å². The van der Waals surface area contributed by atoms with Crippen LogP contribution in [-0.4, -0.2) is 44.3 Å². The van der Waals surface area contributed by atoms with Gasteiger partial charge in [-0.3, -0.25) is 4.79 Å². The van der Waals surface area contributed by atoms with E-state index in [1.54, 1.807) is 6.20 Å². The van der Waals surface area contributed by atoms with Crippen LogP contribution in [0.15, 0.2) is 11.4 Å². The third kappa shape index (κ3) is 5.71. The number of aliphatic hydroxyl groups is 1. The van der Waals surface area contributed by atoms with E-state index in [0.29, 0.717) is 5.75 Å². The maximum atomic E-state index is 12.3. The summed E-state index contributed by atoms with van der Waals surface area (Å²) < 4.78 is 1.83. The number of aromatic nitrogens is 2. The van der Waals surface area contributed by atoms with Crippen molar-refractivity contribution in [3.8, 4) is 0 Å². The lowest BCUT2D eigenvalue weighted by Gasteiger charge is -2.22. The first-order valence-electron chi connectivity index (χ1n) is 7.66. The number of unbranched alkanes of at least 4 members (excludes halogenated alkanes) is 2. The monoisotopic (exact) mass is 313 g/mol. The molecule has 6 heteroatoms. The number of rotatable bonds is 10. The van der Waals surface area contributed by atoms with Gasteiger partial charge >= 0.3 is 0 Å². The standard InChI is InChI=1S/C15H27N3O2S/c1-4-6-8-18(9-7-5-2)14(20)12-21-15-16-10-13(11-19)17(15)3/h10,19H,4-9,11-12H2,1-3H3. The number of carbonyl (C=O) groups excluding carboxylic acids is 1. The SMILES string of the molecule is CCCCN(CCCC)C(=O)CSc1ncc(CO)n1C. The zero-order valence-electron chi connectivity index (χ0n) is 13.3. The van der Waals surface area contributed by atoms with Crippen molar-refractivity contribution in [1.29, 1.82) is 0 Å². The Balaban J connectivity index is 2.53. The molecule has 0 unspecified atom stereocenters. The number of amides is 1. The lowest BCUT2D eigenvalue weighted by Crippen LogP contribution is -2.34. The number of carbonyl (C=O) groups is 1. The van der Waals surface area contributed by atoms with Crippen molar-refractivity contribution >= 4 is 17.7 Å². The third-order valence-corrected chi connectivity index (χ3v) is 4.47. The average Bonchev–Trinajstić information content (AvgIpc) is 2.85. The highest BCUT2D eigenvalue weighted by molar-refractivity contribution is 7.99. The molecule has 21 heavy (non-hydrogen) atoms. The van der Waals surface area contributed by atoms with Crippen LogP contribution in [0.5, 0.6) is 0 Å². The molecule has 0 aliphatic heterocycles. The molecule has 0 aromatic carbocycles. The molecule has 0 aliphatic carbocycles. The third-order valence-electron chi connectivity index (χ3n) is 3.44. The van der Waals surface area contributed by atoms with Gasteiger partial charge in [-0.15, -0.1) is 0 Å². The topological polar surface area (TPSA) is 58.4 Å².